The van der Waals surface area contributed by atoms with Crippen LogP contribution in [-0.2, 0) is 9.59 Å². The van der Waals surface area contributed by atoms with Crippen LogP contribution in [0.2, 0.25) is 0 Å². The van der Waals surface area contributed by atoms with Crippen molar-refractivity contribution in [3.63, 3.8) is 0 Å². The van der Waals surface area contributed by atoms with Crippen molar-refractivity contribution in [2.24, 2.45) is 5.41 Å². The van der Waals surface area contributed by atoms with E-state index in [0.29, 0.717) is 4.24 Å². The van der Waals surface area contributed by atoms with E-state index in [-0.39, 0.29) is 11.0 Å². The Kier molecular flexibility index (Phi) is 4.89. The molecule has 0 saturated carbocycles. The van der Waals surface area contributed by atoms with Crippen molar-refractivity contribution in [2.75, 3.05) is 11.5 Å². The summed E-state index contributed by atoms with van der Waals surface area (Å²) in [5.74, 6) is 0.190. The molecule has 0 amide bonds. The topological polar surface area (TPSA) is 54.4 Å². The lowest BCUT2D eigenvalue weighted by Gasteiger charge is -2.10. The molecule has 1 heterocycles. The summed E-state index contributed by atoms with van der Waals surface area (Å²) in [6.45, 7) is 5.89. The highest BCUT2D eigenvalue weighted by Gasteiger charge is 2.24. The lowest BCUT2D eigenvalue weighted by atomic mass is 9.95. The van der Waals surface area contributed by atoms with Gasteiger partial charge in [-0.05, 0) is 11.5 Å². The molecule has 0 spiro atoms. The Morgan fingerprint density at radius 1 is 1.24 bits per heavy atom. The third kappa shape index (κ3) is 4.60. The molecular formula is C12H16O3S2. The summed E-state index contributed by atoms with van der Waals surface area (Å²) < 4.78 is 0.640. The van der Waals surface area contributed by atoms with E-state index in [2.05, 4.69) is 0 Å². The van der Waals surface area contributed by atoms with Crippen molar-refractivity contribution >= 4 is 35.3 Å². The smallest absolute Gasteiger partial charge is 0.341 e. The molecule has 17 heavy (non-hydrogen) atoms. The molecule has 0 aromatic heterocycles. The first-order valence-corrected chi connectivity index (χ1v) is 7.25. The van der Waals surface area contributed by atoms with E-state index in [0.717, 1.165) is 11.5 Å². The lowest BCUT2D eigenvalue weighted by molar-refractivity contribution is -0.134. The summed E-state index contributed by atoms with van der Waals surface area (Å²) in [6, 6.07) is 0. The van der Waals surface area contributed by atoms with Crippen molar-refractivity contribution in [3.8, 4) is 0 Å². The maximum Gasteiger partial charge on any atom is 0.341 e. The van der Waals surface area contributed by atoms with E-state index < -0.39 is 11.8 Å². The molecule has 1 rings (SSSR count). The highest BCUT2D eigenvalue weighted by molar-refractivity contribution is 8.25. The Balaban J connectivity index is 2.94. The first-order chi connectivity index (χ1) is 7.81. The maximum absolute atomic E-state index is 11.9. The number of thioether (sulfide) groups is 2. The molecule has 94 valence electrons. The molecule has 0 aromatic rings. The fourth-order valence-electron chi connectivity index (χ4n) is 1.16. The van der Waals surface area contributed by atoms with Crippen LogP contribution in [0.15, 0.2) is 22.0 Å². The molecule has 0 bridgehead atoms. The molecular weight excluding hydrogens is 256 g/mol. The van der Waals surface area contributed by atoms with Gasteiger partial charge in [0, 0.05) is 11.5 Å². The number of carbonyl (C=O) groups is 2. The Hall–Kier alpha value is -0.680. The number of aliphatic carboxylic acids is 1. The molecule has 3 nitrogen and oxygen atoms in total. The number of allylic oxidation sites excluding steroid dienone is 2. The summed E-state index contributed by atoms with van der Waals surface area (Å²) in [5.41, 5.74) is -0.210. The van der Waals surface area contributed by atoms with Gasteiger partial charge in [0.2, 0.25) is 0 Å². The van der Waals surface area contributed by atoms with Gasteiger partial charge in [-0.2, -0.15) is 0 Å². The van der Waals surface area contributed by atoms with Crippen molar-refractivity contribution in [1.29, 1.82) is 0 Å². The SMILES string of the molecule is CC(C)(C)/C=C/C(=O)C(C(=O)O)=C1SCCS1. The number of carboxylic acid groups (broad SMARTS) is 1. The molecule has 1 N–H and O–H groups in total. The van der Waals surface area contributed by atoms with Gasteiger partial charge in [0.1, 0.15) is 5.57 Å². The number of carboxylic acids is 1. The minimum absolute atomic E-state index is 0.0852. The average molecular weight is 272 g/mol. The maximum atomic E-state index is 11.9. The van der Waals surface area contributed by atoms with Gasteiger partial charge in [0.15, 0.2) is 5.78 Å². The molecule has 1 saturated heterocycles. The molecule has 1 aliphatic rings. The van der Waals surface area contributed by atoms with Gasteiger partial charge in [-0.3, -0.25) is 4.79 Å². The van der Waals surface area contributed by atoms with Crippen LogP contribution in [0.25, 0.3) is 0 Å². The standard InChI is InChI=1S/C12H16O3S2/c1-12(2,3)5-4-8(13)9(10(14)15)11-16-6-7-17-11/h4-5H,6-7H2,1-3H3,(H,14,15)/b5-4+. The minimum atomic E-state index is -1.13. The van der Waals surface area contributed by atoms with Gasteiger partial charge < -0.3 is 5.11 Å². The second-order valence-electron chi connectivity index (χ2n) is 4.73. The lowest BCUT2D eigenvalue weighted by Crippen LogP contribution is -2.12. The quantitative estimate of drug-likeness (QED) is 0.486. The first kappa shape index (κ1) is 14.4. The second kappa shape index (κ2) is 5.78. The molecule has 5 heteroatoms. The first-order valence-electron chi connectivity index (χ1n) is 5.28. The van der Waals surface area contributed by atoms with Crippen LogP contribution >= 0.6 is 23.5 Å². The third-order valence-corrected chi connectivity index (χ3v) is 4.66. The second-order valence-corrected chi connectivity index (χ2v) is 7.20. The van der Waals surface area contributed by atoms with Crippen LogP contribution < -0.4 is 0 Å². The van der Waals surface area contributed by atoms with Crippen LogP contribution in [0.4, 0.5) is 0 Å². The van der Waals surface area contributed by atoms with Crippen LogP contribution in [0.3, 0.4) is 0 Å². The Labute approximate surface area is 110 Å². The summed E-state index contributed by atoms with van der Waals surface area (Å²) in [4.78, 5) is 23.0. The summed E-state index contributed by atoms with van der Waals surface area (Å²) in [5, 5.41) is 9.09. The Morgan fingerprint density at radius 3 is 2.18 bits per heavy atom. The average Bonchev–Trinajstić information content (AvgIpc) is 2.66. The molecule has 1 fully saturated rings. The van der Waals surface area contributed by atoms with Gasteiger partial charge >= 0.3 is 5.97 Å². The number of rotatable bonds is 3. The zero-order valence-corrected chi connectivity index (χ0v) is 11.8. The number of hydrogen-bond donors (Lipinski definition) is 1. The van der Waals surface area contributed by atoms with E-state index in [1.165, 1.54) is 29.6 Å². The van der Waals surface area contributed by atoms with Gasteiger partial charge in [0.25, 0.3) is 0 Å². The predicted molar refractivity (Wildman–Crippen MR) is 73.2 cm³/mol. The molecule has 0 radical (unpaired) electrons. The van der Waals surface area contributed by atoms with Crippen LogP contribution in [0.1, 0.15) is 20.8 Å². The monoisotopic (exact) mass is 272 g/mol. The van der Waals surface area contributed by atoms with E-state index in [1.807, 2.05) is 20.8 Å². The van der Waals surface area contributed by atoms with Crippen molar-refractivity contribution in [3.05, 3.63) is 22.0 Å². The molecule has 0 unspecified atom stereocenters. The van der Waals surface area contributed by atoms with Crippen molar-refractivity contribution in [2.45, 2.75) is 20.8 Å². The number of ketones is 1. The number of hydrogen-bond acceptors (Lipinski definition) is 4. The molecule has 1 aliphatic heterocycles. The van der Waals surface area contributed by atoms with Crippen LogP contribution in [0.5, 0.6) is 0 Å². The van der Waals surface area contributed by atoms with Gasteiger partial charge in [0.05, 0.1) is 4.24 Å². The molecule has 0 aliphatic carbocycles. The van der Waals surface area contributed by atoms with E-state index in [1.54, 1.807) is 6.08 Å². The fraction of sp³-hybridized carbons (Fsp3) is 0.500. The van der Waals surface area contributed by atoms with Crippen molar-refractivity contribution < 1.29 is 14.7 Å². The minimum Gasteiger partial charge on any atom is -0.477 e. The van der Waals surface area contributed by atoms with Gasteiger partial charge in [-0.1, -0.05) is 26.8 Å². The Bertz CT molecular complexity index is 381. The van der Waals surface area contributed by atoms with Crippen LogP contribution in [-0.4, -0.2) is 28.4 Å². The van der Waals surface area contributed by atoms with Crippen LogP contribution in [0, 0.1) is 5.41 Å². The van der Waals surface area contributed by atoms with Gasteiger partial charge in [-0.25, -0.2) is 4.79 Å². The predicted octanol–water partition coefficient (Wildman–Crippen LogP) is 2.93. The summed E-state index contributed by atoms with van der Waals surface area (Å²) in [7, 11) is 0. The van der Waals surface area contributed by atoms with E-state index in [9.17, 15) is 9.59 Å². The highest BCUT2D eigenvalue weighted by Crippen LogP contribution is 2.39. The summed E-state index contributed by atoms with van der Waals surface area (Å²) >= 11 is 2.90. The molecule has 0 atom stereocenters. The van der Waals surface area contributed by atoms with Crippen molar-refractivity contribution in [1.82, 2.24) is 0 Å². The fourth-order valence-corrected chi connectivity index (χ4v) is 3.69. The largest absolute Gasteiger partial charge is 0.477 e. The third-order valence-electron chi connectivity index (χ3n) is 1.95. The highest BCUT2D eigenvalue weighted by atomic mass is 32.2. The zero-order valence-electron chi connectivity index (χ0n) is 10.1. The van der Waals surface area contributed by atoms with E-state index >= 15 is 0 Å². The zero-order chi connectivity index (χ0) is 13.1. The molecule has 0 aromatic carbocycles. The number of carbonyl (C=O) groups excluding carboxylic acids is 1. The van der Waals surface area contributed by atoms with Gasteiger partial charge in [-0.15, -0.1) is 23.5 Å². The summed E-state index contributed by atoms with van der Waals surface area (Å²) in [6.07, 6.45) is 3.11. The van der Waals surface area contributed by atoms with E-state index in [4.69, 9.17) is 5.11 Å². The normalized spacial score (nSPS) is 16.5. The Morgan fingerprint density at radius 2 is 1.76 bits per heavy atom.